The van der Waals surface area contributed by atoms with Gasteiger partial charge in [0.2, 0.25) is 5.95 Å². The number of rotatable bonds is 3. The van der Waals surface area contributed by atoms with Crippen LogP contribution in [0.5, 0.6) is 0 Å². The lowest BCUT2D eigenvalue weighted by Gasteiger charge is -2.26. The summed E-state index contributed by atoms with van der Waals surface area (Å²) in [5.74, 6) is 2.05. The van der Waals surface area contributed by atoms with Gasteiger partial charge in [-0.3, -0.25) is 0 Å². The molecule has 1 aromatic rings. The summed E-state index contributed by atoms with van der Waals surface area (Å²) < 4.78 is 0. The van der Waals surface area contributed by atoms with Crippen LogP contribution in [-0.2, 0) is 0 Å². The molecule has 17 heavy (non-hydrogen) atoms. The Labute approximate surface area is 102 Å². The average Bonchev–Trinajstić information content (AvgIpc) is 2.69. The lowest BCUT2D eigenvalue weighted by atomic mass is 10.0. The van der Waals surface area contributed by atoms with Crippen molar-refractivity contribution in [3.8, 4) is 0 Å². The van der Waals surface area contributed by atoms with Crippen molar-refractivity contribution in [1.29, 1.82) is 0 Å². The van der Waals surface area contributed by atoms with Gasteiger partial charge in [-0.25, -0.2) is 4.98 Å². The summed E-state index contributed by atoms with van der Waals surface area (Å²) in [5, 5.41) is 12.4. The first-order chi connectivity index (χ1) is 8.15. The molecule has 1 saturated heterocycles. The Morgan fingerprint density at radius 1 is 1.53 bits per heavy atom. The highest BCUT2D eigenvalue weighted by atomic mass is 16.3. The molecule has 0 spiro atoms. The van der Waals surface area contributed by atoms with Crippen LogP contribution in [0.1, 0.15) is 19.0 Å². The molecule has 2 unspecified atom stereocenters. The van der Waals surface area contributed by atoms with Gasteiger partial charge >= 0.3 is 0 Å². The van der Waals surface area contributed by atoms with Crippen molar-refractivity contribution in [3.05, 3.63) is 11.8 Å². The van der Waals surface area contributed by atoms with Crippen molar-refractivity contribution in [2.45, 2.75) is 26.3 Å². The molecule has 0 saturated carbocycles. The van der Waals surface area contributed by atoms with Crippen molar-refractivity contribution in [3.63, 3.8) is 0 Å². The molecule has 2 rings (SSSR count). The van der Waals surface area contributed by atoms with Crippen LogP contribution in [-0.4, -0.2) is 41.3 Å². The van der Waals surface area contributed by atoms with Gasteiger partial charge in [-0.1, -0.05) is 6.92 Å². The smallest absolute Gasteiger partial charge is 0.224 e. The summed E-state index contributed by atoms with van der Waals surface area (Å²) in [4.78, 5) is 10.9. The van der Waals surface area contributed by atoms with Gasteiger partial charge in [0.05, 0.1) is 12.6 Å². The standard InChI is InChI=1S/C12H20N4O/c1-8-4-5-16(10(8)7-17)11-6-9(2)14-12(13-3)15-11/h6,8,10,17H,4-5,7H2,1-3H3,(H,13,14,15). The van der Waals surface area contributed by atoms with E-state index in [1.807, 2.05) is 20.0 Å². The molecule has 5 nitrogen and oxygen atoms in total. The van der Waals surface area contributed by atoms with Gasteiger partial charge in [-0.05, 0) is 19.3 Å². The molecular formula is C12H20N4O. The second-order valence-electron chi connectivity index (χ2n) is 4.65. The van der Waals surface area contributed by atoms with Gasteiger partial charge in [0.1, 0.15) is 5.82 Å². The zero-order chi connectivity index (χ0) is 12.4. The molecule has 1 aromatic heterocycles. The fourth-order valence-corrected chi connectivity index (χ4v) is 2.38. The zero-order valence-corrected chi connectivity index (χ0v) is 10.6. The first kappa shape index (κ1) is 12.1. The first-order valence-corrected chi connectivity index (χ1v) is 6.06. The topological polar surface area (TPSA) is 61.3 Å². The van der Waals surface area contributed by atoms with Crippen molar-refractivity contribution in [2.24, 2.45) is 5.92 Å². The molecule has 0 aliphatic carbocycles. The van der Waals surface area contributed by atoms with Gasteiger partial charge < -0.3 is 15.3 Å². The van der Waals surface area contributed by atoms with Crippen LogP contribution in [0, 0.1) is 12.8 Å². The highest BCUT2D eigenvalue weighted by molar-refractivity contribution is 5.46. The maximum Gasteiger partial charge on any atom is 0.224 e. The van der Waals surface area contributed by atoms with E-state index in [-0.39, 0.29) is 12.6 Å². The monoisotopic (exact) mass is 236 g/mol. The predicted molar refractivity (Wildman–Crippen MR) is 68.3 cm³/mol. The highest BCUT2D eigenvalue weighted by Gasteiger charge is 2.31. The number of nitrogens with zero attached hydrogens (tertiary/aromatic N) is 3. The number of anilines is 2. The maximum atomic E-state index is 9.46. The molecule has 94 valence electrons. The molecule has 2 heterocycles. The van der Waals surface area contributed by atoms with Crippen molar-refractivity contribution < 1.29 is 5.11 Å². The van der Waals surface area contributed by atoms with Crippen molar-refractivity contribution in [2.75, 3.05) is 30.4 Å². The average molecular weight is 236 g/mol. The van der Waals surface area contributed by atoms with Gasteiger partial charge in [-0.2, -0.15) is 4.98 Å². The quantitative estimate of drug-likeness (QED) is 0.821. The zero-order valence-electron chi connectivity index (χ0n) is 10.6. The normalized spacial score (nSPS) is 24.1. The predicted octanol–water partition coefficient (Wildman–Crippen LogP) is 1.03. The molecule has 0 bridgehead atoms. The van der Waals surface area contributed by atoms with E-state index < -0.39 is 0 Å². The fraction of sp³-hybridized carbons (Fsp3) is 0.667. The molecule has 2 N–H and O–H groups in total. The number of aliphatic hydroxyl groups excluding tert-OH is 1. The van der Waals surface area contributed by atoms with E-state index in [9.17, 15) is 5.11 Å². The van der Waals surface area contributed by atoms with E-state index in [2.05, 4.69) is 27.1 Å². The van der Waals surface area contributed by atoms with Crippen LogP contribution in [0.25, 0.3) is 0 Å². The van der Waals surface area contributed by atoms with Gasteiger partial charge in [0, 0.05) is 25.4 Å². The third kappa shape index (κ3) is 2.34. The Balaban J connectivity index is 2.30. The van der Waals surface area contributed by atoms with Gasteiger partial charge in [0.15, 0.2) is 0 Å². The highest BCUT2D eigenvalue weighted by Crippen LogP contribution is 2.28. The Morgan fingerprint density at radius 3 is 2.94 bits per heavy atom. The maximum absolute atomic E-state index is 9.46. The minimum Gasteiger partial charge on any atom is -0.394 e. The lowest BCUT2D eigenvalue weighted by Crippen LogP contribution is -2.35. The molecule has 1 aliphatic rings. The number of aliphatic hydroxyl groups is 1. The minimum atomic E-state index is 0.175. The van der Waals surface area contributed by atoms with Crippen LogP contribution in [0.15, 0.2) is 6.07 Å². The van der Waals surface area contributed by atoms with E-state index >= 15 is 0 Å². The second-order valence-corrected chi connectivity index (χ2v) is 4.65. The Hall–Kier alpha value is -1.36. The van der Waals surface area contributed by atoms with Crippen LogP contribution in [0.4, 0.5) is 11.8 Å². The summed E-state index contributed by atoms with van der Waals surface area (Å²) in [6.45, 7) is 5.26. The summed E-state index contributed by atoms with van der Waals surface area (Å²) in [6.07, 6.45) is 1.10. The minimum absolute atomic E-state index is 0.175. The number of aromatic nitrogens is 2. The second kappa shape index (κ2) is 4.87. The lowest BCUT2D eigenvalue weighted by molar-refractivity contribution is 0.244. The Bertz CT molecular complexity index is 396. The first-order valence-electron chi connectivity index (χ1n) is 6.06. The number of hydrogen-bond acceptors (Lipinski definition) is 5. The molecule has 0 radical (unpaired) electrons. The van der Waals surface area contributed by atoms with E-state index in [0.29, 0.717) is 11.9 Å². The summed E-state index contributed by atoms with van der Waals surface area (Å²) in [6, 6.07) is 2.15. The van der Waals surface area contributed by atoms with Crippen molar-refractivity contribution in [1.82, 2.24) is 9.97 Å². The van der Waals surface area contributed by atoms with Crippen molar-refractivity contribution >= 4 is 11.8 Å². The number of hydrogen-bond donors (Lipinski definition) is 2. The molecule has 2 atom stereocenters. The third-order valence-corrected chi connectivity index (χ3v) is 3.43. The van der Waals surface area contributed by atoms with E-state index in [4.69, 9.17) is 0 Å². The Kier molecular flexibility index (Phi) is 3.47. The van der Waals surface area contributed by atoms with E-state index in [0.717, 1.165) is 24.5 Å². The number of aryl methyl sites for hydroxylation is 1. The molecule has 0 amide bonds. The molecule has 1 aliphatic heterocycles. The van der Waals surface area contributed by atoms with Crippen LogP contribution < -0.4 is 10.2 Å². The Morgan fingerprint density at radius 2 is 2.29 bits per heavy atom. The largest absolute Gasteiger partial charge is 0.394 e. The molecule has 5 heteroatoms. The van der Waals surface area contributed by atoms with E-state index in [1.165, 1.54) is 0 Å². The SMILES string of the molecule is CNc1nc(C)cc(N2CCC(C)C2CO)n1. The summed E-state index contributed by atoms with van der Waals surface area (Å²) in [7, 11) is 1.81. The van der Waals surface area contributed by atoms with E-state index in [1.54, 1.807) is 0 Å². The molecular weight excluding hydrogens is 216 g/mol. The fourth-order valence-electron chi connectivity index (χ4n) is 2.38. The number of nitrogens with one attached hydrogen (secondary N) is 1. The van der Waals surface area contributed by atoms with Crippen LogP contribution in [0.2, 0.25) is 0 Å². The van der Waals surface area contributed by atoms with Gasteiger partial charge in [0.25, 0.3) is 0 Å². The summed E-state index contributed by atoms with van der Waals surface area (Å²) in [5.41, 5.74) is 0.940. The van der Waals surface area contributed by atoms with Gasteiger partial charge in [-0.15, -0.1) is 0 Å². The third-order valence-electron chi connectivity index (χ3n) is 3.43. The molecule has 0 aromatic carbocycles. The van der Waals surface area contributed by atoms with Crippen LogP contribution >= 0.6 is 0 Å². The molecule has 1 fully saturated rings. The van der Waals surface area contributed by atoms with Crippen LogP contribution in [0.3, 0.4) is 0 Å². The summed E-state index contributed by atoms with van der Waals surface area (Å²) >= 11 is 0.